The normalized spacial score (nSPS) is 32.9. The number of carbonyl (C=O) groups is 2. The number of nitrogens with one attached hydrogen (secondary N) is 1. The Morgan fingerprint density at radius 3 is 2.24 bits per heavy atom. The topological polar surface area (TPSA) is 73.2 Å². The van der Waals surface area contributed by atoms with E-state index in [9.17, 15) is 14.9 Å². The smallest absolute Gasteiger partial charge is 0.233 e. The third-order valence-corrected chi connectivity index (χ3v) is 5.32. The van der Waals surface area contributed by atoms with E-state index in [1.807, 2.05) is 27.7 Å². The maximum atomic E-state index is 12.5. The molecule has 1 heterocycles. The van der Waals surface area contributed by atoms with E-state index in [4.69, 9.17) is 0 Å². The van der Waals surface area contributed by atoms with Crippen LogP contribution in [0.3, 0.4) is 0 Å². The van der Waals surface area contributed by atoms with Crippen LogP contribution in [-0.4, -0.2) is 34.8 Å². The number of amides is 2. The van der Waals surface area contributed by atoms with E-state index in [0.29, 0.717) is 0 Å². The van der Waals surface area contributed by atoms with Gasteiger partial charge in [-0.05, 0) is 38.0 Å². The van der Waals surface area contributed by atoms with E-state index in [1.54, 1.807) is 0 Å². The number of fused-ring (bicyclic) bond motifs is 1. The van der Waals surface area contributed by atoms with Crippen LogP contribution in [0, 0.1) is 34.5 Å². The van der Waals surface area contributed by atoms with E-state index in [2.05, 4.69) is 11.4 Å². The molecule has 2 saturated carbocycles. The SMILES string of the molecule is CC(C)NC(C#N)(CN1C(=O)C2C(C1=O)C2(C)C)C1CC1. The number of hydrogen-bond donors (Lipinski definition) is 1. The second kappa shape index (κ2) is 4.30. The van der Waals surface area contributed by atoms with Gasteiger partial charge in [-0.1, -0.05) is 13.8 Å². The minimum Gasteiger partial charge on any atom is -0.295 e. The Bertz CT molecular complexity index is 520. The van der Waals surface area contributed by atoms with Gasteiger partial charge in [0, 0.05) is 6.04 Å². The Kier molecular flexibility index (Phi) is 2.97. The monoisotopic (exact) mass is 289 g/mol. The summed E-state index contributed by atoms with van der Waals surface area (Å²) < 4.78 is 0. The molecule has 0 aromatic carbocycles. The lowest BCUT2D eigenvalue weighted by Crippen LogP contribution is -2.58. The number of hydrogen-bond acceptors (Lipinski definition) is 4. The summed E-state index contributed by atoms with van der Waals surface area (Å²) in [4.78, 5) is 26.3. The Labute approximate surface area is 125 Å². The third kappa shape index (κ3) is 2.00. The van der Waals surface area contributed by atoms with Gasteiger partial charge in [0.25, 0.3) is 0 Å². The van der Waals surface area contributed by atoms with E-state index in [-0.39, 0.29) is 47.6 Å². The summed E-state index contributed by atoms with van der Waals surface area (Å²) in [6.45, 7) is 8.12. The molecular formula is C16H23N3O2. The van der Waals surface area contributed by atoms with Gasteiger partial charge in [0.05, 0.1) is 24.4 Å². The van der Waals surface area contributed by atoms with Gasteiger partial charge in [-0.3, -0.25) is 19.8 Å². The minimum atomic E-state index is -0.777. The molecule has 3 aliphatic rings. The van der Waals surface area contributed by atoms with Crippen LogP contribution >= 0.6 is 0 Å². The van der Waals surface area contributed by atoms with Gasteiger partial charge in [-0.25, -0.2) is 0 Å². The highest BCUT2D eigenvalue weighted by atomic mass is 16.2. The summed E-state index contributed by atoms with van der Waals surface area (Å²) in [6, 6.07) is 2.51. The van der Waals surface area contributed by atoms with E-state index in [0.717, 1.165) is 12.8 Å². The zero-order chi connectivity index (χ0) is 15.6. The van der Waals surface area contributed by atoms with Crippen molar-refractivity contribution < 1.29 is 9.59 Å². The molecule has 0 spiro atoms. The van der Waals surface area contributed by atoms with Crippen molar-refractivity contribution in [1.29, 1.82) is 5.26 Å². The van der Waals surface area contributed by atoms with Crippen LogP contribution in [-0.2, 0) is 9.59 Å². The second-order valence-corrected chi connectivity index (χ2v) is 7.70. The first-order chi connectivity index (χ1) is 9.74. The van der Waals surface area contributed by atoms with Crippen molar-refractivity contribution in [2.24, 2.45) is 23.2 Å². The standard InChI is InChI=1S/C16H23N3O2/c1-9(2)18-16(7-17,10-5-6-10)8-19-13(20)11-12(14(19)21)15(11,3)4/h9-12,18H,5-6,8H2,1-4H3. The van der Waals surface area contributed by atoms with Crippen molar-refractivity contribution in [3.8, 4) is 6.07 Å². The Morgan fingerprint density at radius 2 is 1.86 bits per heavy atom. The second-order valence-electron chi connectivity index (χ2n) is 7.70. The molecule has 0 aromatic rings. The lowest BCUT2D eigenvalue weighted by molar-refractivity contribution is -0.144. The molecule has 21 heavy (non-hydrogen) atoms. The van der Waals surface area contributed by atoms with E-state index < -0.39 is 5.54 Å². The number of piperidine rings is 1. The molecule has 1 N–H and O–H groups in total. The Morgan fingerprint density at radius 1 is 1.33 bits per heavy atom. The number of carbonyl (C=O) groups excluding carboxylic acids is 2. The predicted octanol–water partition coefficient (Wildman–Crippen LogP) is 1.30. The molecule has 2 aliphatic carbocycles. The van der Waals surface area contributed by atoms with Gasteiger partial charge >= 0.3 is 0 Å². The number of nitriles is 1. The van der Waals surface area contributed by atoms with Crippen LogP contribution in [0.15, 0.2) is 0 Å². The van der Waals surface area contributed by atoms with Gasteiger partial charge in [-0.2, -0.15) is 5.26 Å². The summed E-state index contributed by atoms with van der Waals surface area (Å²) in [5, 5.41) is 13.0. The van der Waals surface area contributed by atoms with Crippen molar-refractivity contribution in [2.45, 2.75) is 52.1 Å². The summed E-state index contributed by atoms with van der Waals surface area (Å²) in [5.74, 6) is -0.253. The van der Waals surface area contributed by atoms with Crippen molar-refractivity contribution in [1.82, 2.24) is 10.2 Å². The molecule has 114 valence electrons. The number of rotatable bonds is 5. The molecule has 5 heteroatoms. The third-order valence-electron chi connectivity index (χ3n) is 5.32. The molecule has 0 radical (unpaired) electrons. The Balaban J connectivity index is 1.81. The molecule has 5 nitrogen and oxygen atoms in total. The molecular weight excluding hydrogens is 266 g/mol. The fourth-order valence-corrected chi connectivity index (χ4v) is 3.95. The average molecular weight is 289 g/mol. The van der Waals surface area contributed by atoms with Gasteiger partial charge < -0.3 is 0 Å². The summed E-state index contributed by atoms with van der Waals surface area (Å²) in [6.07, 6.45) is 1.98. The first kappa shape index (κ1) is 14.5. The van der Waals surface area contributed by atoms with Crippen LogP contribution in [0.5, 0.6) is 0 Å². The fraction of sp³-hybridized carbons (Fsp3) is 0.812. The lowest BCUT2D eigenvalue weighted by atomic mass is 9.92. The van der Waals surface area contributed by atoms with Crippen LogP contribution in [0.1, 0.15) is 40.5 Å². The van der Waals surface area contributed by atoms with Crippen molar-refractivity contribution in [3.63, 3.8) is 0 Å². The van der Waals surface area contributed by atoms with Crippen LogP contribution in [0.25, 0.3) is 0 Å². The van der Waals surface area contributed by atoms with Crippen LogP contribution < -0.4 is 5.32 Å². The van der Waals surface area contributed by atoms with Gasteiger partial charge in [-0.15, -0.1) is 0 Å². The number of nitrogens with zero attached hydrogens (tertiary/aromatic N) is 2. The quantitative estimate of drug-likeness (QED) is 0.774. The predicted molar refractivity (Wildman–Crippen MR) is 76.8 cm³/mol. The highest BCUT2D eigenvalue weighted by Gasteiger charge is 2.73. The highest BCUT2D eigenvalue weighted by molar-refractivity contribution is 6.10. The molecule has 3 fully saturated rings. The van der Waals surface area contributed by atoms with E-state index in [1.165, 1.54) is 4.90 Å². The van der Waals surface area contributed by atoms with E-state index >= 15 is 0 Å². The van der Waals surface area contributed by atoms with Crippen LogP contribution in [0.2, 0.25) is 0 Å². The highest BCUT2D eigenvalue weighted by Crippen LogP contribution is 2.63. The molecule has 3 atom stereocenters. The summed E-state index contributed by atoms with van der Waals surface area (Å²) >= 11 is 0. The lowest BCUT2D eigenvalue weighted by Gasteiger charge is -2.34. The maximum absolute atomic E-state index is 12.5. The zero-order valence-corrected chi connectivity index (χ0v) is 13.1. The Hall–Kier alpha value is -1.41. The molecule has 1 aliphatic heterocycles. The molecule has 2 amide bonds. The molecule has 3 rings (SSSR count). The average Bonchev–Trinajstić information content (AvgIpc) is 3.26. The van der Waals surface area contributed by atoms with Gasteiger partial charge in [0.15, 0.2) is 0 Å². The first-order valence-electron chi connectivity index (χ1n) is 7.79. The zero-order valence-electron chi connectivity index (χ0n) is 13.1. The molecule has 0 bridgehead atoms. The summed E-state index contributed by atoms with van der Waals surface area (Å²) in [5.41, 5.74) is -0.967. The minimum absolute atomic E-state index is 0.0826. The first-order valence-corrected chi connectivity index (χ1v) is 7.79. The molecule has 3 unspecified atom stereocenters. The van der Waals surface area contributed by atoms with Gasteiger partial charge in [0.1, 0.15) is 5.54 Å². The maximum Gasteiger partial charge on any atom is 0.233 e. The van der Waals surface area contributed by atoms with Crippen molar-refractivity contribution >= 4 is 11.8 Å². The molecule has 1 saturated heterocycles. The van der Waals surface area contributed by atoms with Gasteiger partial charge in [0.2, 0.25) is 11.8 Å². The summed E-state index contributed by atoms with van der Waals surface area (Å²) in [7, 11) is 0. The molecule has 0 aromatic heterocycles. The number of imide groups is 1. The largest absolute Gasteiger partial charge is 0.295 e. The number of likely N-dealkylation sites (tertiary alicyclic amines) is 1. The van der Waals surface area contributed by atoms with Crippen molar-refractivity contribution in [2.75, 3.05) is 6.54 Å². The van der Waals surface area contributed by atoms with Crippen molar-refractivity contribution in [3.05, 3.63) is 0 Å². The fourth-order valence-electron chi connectivity index (χ4n) is 3.95. The van der Waals surface area contributed by atoms with Crippen LogP contribution in [0.4, 0.5) is 0 Å².